The predicted molar refractivity (Wildman–Crippen MR) is 108 cm³/mol. The van der Waals surface area contributed by atoms with Crippen molar-refractivity contribution in [1.82, 2.24) is 10.6 Å². The molecule has 0 aliphatic carbocycles. The third kappa shape index (κ3) is 13.0. The second kappa shape index (κ2) is 12.6. The van der Waals surface area contributed by atoms with E-state index < -0.39 is 35.8 Å². The van der Waals surface area contributed by atoms with Gasteiger partial charge in [0.1, 0.15) is 18.8 Å². The van der Waals surface area contributed by atoms with Gasteiger partial charge in [-0.3, -0.25) is 0 Å². The maximum absolute atomic E-state index is 12.2. The van der Waals surface area contributed by atoms with Crippen LogP contribution in [0.25, 0.3) is 0 Å². The smallest absolute Gasteiger partial charge is 0.741 e. The first kappa shape index (κ1) is 28.8. The number of hydrogen-bond donors (Lipinski definition) is 3. The Morgan fingerprint density at radius 3 is 1.68 bits per heavy atom. The van der Waals surface area contributed by atoms with Gasteiger partial charge in [0.05, 0.1) is 5.71 Å². The minimum absolute atomic E-state index is 0. The first-order valence-corrected chi connectivity index (χ1v) is 8.68. The fourth-order valence-electron chi connectivity index (χ4n) is 1.67. The monoisotopic (exact) mass is 534 g/mol. The Bertz CT molecular complexity index is 836. The van der Waals surface area contributed by atoms with E-state index >= 15 is 0 Å². The Morgan fingerprint density at radius 1 is 0.839 bits per heavy atom. The molecule has 0 heterocycles. The molecule has 175 valence electrons. The third-order valence-corrected chi connectivity index (χ3v) is 3.39. The van der Waals surface area contributed by atoms with E-state index in [0.717, 1.165) is 0 Å². The van der Waals surface area contributed by atoms with Gasteiger partial charge in [0, 0.05) is 11.3 Å². The number of amidine groups is 2. The van der Waals surface area contributed by atoms with Crippen LogP contribution in [-0.4, -0.2) is 47.2 Å². The van der Waals surface area contributed by atoms with Crippen LogP contribution in [0.2, 0.25) is 0 Å². The van der Waals surface area contributed by atoms with Crippen LogP contribution in [0, 0.1) is 0 Å². The fourth-order valence-corrected chi connectivity index (χ4v) is 1.89. The van der Waals surface area contributed by atoms with E-state index in [2.05, 4.69) is 45.7 Å². The maximum Gasteiger partial charge on any atom is 2.00 e. The average molecular weight is 535 g/mol. The molecule has 1 aromatic rings. The van der Waals surface area contributed by atoms with Crippen molar-refractivity contribution in [3.05, 3.63) is 29.8 Å². The molecule has 1 rings (SSSR count). The van der Waals surface area contributed by atoms with Crippen LogP contribution in [-0.2, 0) is 42.3 Å². The number of nitrogen functional groups attached to an aromatic ring is 1. The summed E-state index contributed by atoms with van der Waals surface area (Å²) >= 11 is 9.30. The Morgan fingerprint density at radius 2 is 1.26 bits per heavy atom. The molecule has 0 atom stereocenters. The number of nitrogens with one attached hydrogen (secondary N) is 2. The summed E-state index contributed by atoms with van der Waals surface area (Å²) in [6.07, 6.45) is -8.99. The van der Waals surface area contributed by atoms with E-state index in [1.165, 1.54) is 31.2 Å². The third-order valence-electron chi connectivity index (χ3n) is 2.94. The Labute approximate surface area is 195 Å². The molecule has 31 heavy (non-hydrogen) atoms. The van der Waals surface area contributed by atoms with Crippen molar-refractivity contribution >= 4 is 52.7 Å². The molecular formula is C15H15CuF6N7S2. The summed E-state index contributed by atoms with van der Waals surface area (Å²) in [6, 6.07) is 6.08. The summed E-state index contributed by atoms with van der Waals surface area (Å²) in [4.78, 5) is 0. The number of anilines is 1. The summed E-state index contributed by atoms with van der Waals surface area (Å²) in [5.74, 6) is 0. The van der Waals surface area contributed by atoms with Crippen molar-refractivity contribution in [3.63, 3.8) is 0 Å². The number of rotatable bonds is 6. The first-order chi connectivity index (χ1) is 13.8. The van der Waals surface area contributed by atoms with Gasteiger partial charge in [-0.25, -0.2) is 0 Å². The number of nitrogens with zero attached hydrogens (tertiary/aromatic N) is 4. The largest absolute Gasteiger partial charge is 2.00 e. The van der Waals surface area contributed by atoms with Gasteiger partial charge in [-0.1, -0.05) is 12.1 Å². The van der Waals surface area contributed by atoms with Crippen molar-refractivity contribution in [2.24, 2.45) is 20.4 Å². The van der Waals surface area contributed by atoms with Crippen LogP contribution < -0.4 is 16.4 Å². The molecule has 0 fully saturated rings. The SMILES string of the molecule is CC(=NN=C([S-])NCC(F)(F)F)C(=NN=C([S-])NCC(F)(F)F)c1ccc(N)cc1.[Cu+2]. The van der Waals surface area contributed by atoms with Crippen LogP contribution >= 0.6 is 0 Å². The summed E-state index contributed by atoms with van der Waals surface area (Å²) in [6.45, 7) is -1.40. The second-order valence-electron chi connectivity index (χ2n) is 5.50. The van der Waals surface area contributed by atoms with Gasteiger partial charge in [0.25, 0.3) is 0 Å². The van der Waals surface area contributed by atoms with E-state index in [4.69, 9.17) is 5.73 Å². The van der Waals surface area contributed by atoms with Gasteiger partial charge >= 0.3 is 29.4 Å². The number of nitrogens with two attached hydrogens (primary N) is 1. The van der Waals surface area contributed by atoms with Gasteiger partial charge in [0.2, 0.25) is 0 Å². The van der Waals surface area contributed by atoms with Crippen LogP contribution in [0.15, 0.2) is 44.7 Å². The van der Waals surface area contributed by atoms with Gasteiger partial charge in [-0.15, -0.1) is 5.10 Å². The fraction of sp³-hybridized carbons (Fsp3) is 0.333. The maximum atomic E-state index is 12.2. The van der Waals surface area contributed by atoms with Crippen molar-refractivity contribution in [1.29, 1.82) is 0 Å². The number of benzene rings is 1. The molecule has 4 N–H and O–H groups in total. The molecule has 0 aliphatic rings. The summed E-state index contributed by atoms with van der Waals surface area (Å²) in [5.41, 5.74) is 6.52. The average Bonchev–Trinajstić information content (AvgIpc) is 2.63. The van der Waals surface area contributed by atoms with E-state index in [1.807, 2.05) is 10.6 Å². The molecule has 16 heteroatoms. The number of alkyl halides is 6. The molecule has 0 saturated carbocycles. The topological polar surface area (TPSA) is 99.5 Å². The molecular weight excluding hydrogens is 520 g/mol. The van der Waals surface area contributed by atoms with E-state index in [0.29, 0.717) is 11.3 Å². The molecule has 0 aromatic heterocycles. The molecule has 1 aromatic carbocycles. The Kier molecular flexibility index (Phi) is 11.8. The zero-order valence-electron chi connectivity index (χ0n) is 15.5. The zero-order chi connectivity index (χ0) is 22.9. The second-order valence-corrected chi connectivity index (χ2v) is 6.28. The Hall–Kier alpha value is -2.16. The van der Waals surface area contributed by atoms with Crippen LogP contribution in [0.4, 0.5) is 32.0 Å². The molecule has 7 nitrogen and oxygen atoms in total. The standard InChI is InChI=1S/C15H17F6N7S2.Cu/c1-8(25-27-12(29)23-6-14(16,17)18)11(9-2-4-10(22)5-3-9)26-28-13(30)24-7-15(19,20)21;/h2-5H,6-7,22H2,1H3,(H2,23,27,29)(H2,24,28,30);/q;+2/p-2. The number of halogens is 6. The quantitative estimate of drug-likeness (QED) is 0.0990. The molecule has 0 unspecified atom stereocenters. The molecule has 0 saturated heterocycles. The van der Waals surface area contributed by atoms with Gasteiger partial charge in [0.15, 0.2) is 0 Å². The molecule has 1 radical (unpaired) electrons. The zero-order valence-corrected chi connectivity index (χ0v) is 18.1. The van der Waals surface area contributed by atoms with E-state index in [9.17, 15) is 26.3 Å². The molecule has 0 amide bonds. The van der Waals surface area contributed by atoms with Gasteiger partial charge < -0.3 is 41.6 Å². The molecule has 0 spiro atoms. The minimum atomic E-state index is -4.50. The van der Waals surface area contributed by atoms with E-state index in [1.54, 1.807) is 0 Å². The van der Waals surface area contributed by atoms with Gasteiger partial charge in [-0.2, -0.15) is 41.6 Å². The van der Waals surface area contributed by atoms with Crippen molar-refractivity contribution in [3.8, 4) is 0 Å². The van der Waals surface area contributed by atoms with Crippen LogP contribution in [0.1, 0.15) is 12.5 Å². The summed E-state index contributed by atoms with van der Waals surface area (Å²) < 4.78 is 73.2. The van der Waals surface area contributed by atoms with Crippen LogP contribution in [0.5, 0.6) is 0 Å². The normalized spacial score (nSPS) is 14.2. The first-order valence-electron chi connectivity index (χ1n) is 7.86. The summed E-state index contributed by atoms with van der Waals surface area (Å²) in [5, 5.41) is 17.1. The Balaban J connectivity index is 0.00000900. The minimum Gasteiger partial charge on any atom is -0.741 e. The number of hydrogen-bond acceptors (Lipinski definition) is 7. The predicted octanol–water partition coefficient (Wildman–Crippen LogP) is 2.46. The molecule has 0 aliphatic heterocycles. The van der Waals surface area contributed by atoms with Crippen molar-refractivity contribution in [2.45, 2.75) is 19.3 Å². The van der Waals surface area contributed by atoms with Crippen molar-refractivity contribution < 1.29 is 43.4 Å². The van der Waals surface area contributed by atoms with E-state index in [-0.39, 0.29) is 28.5 Å². The van der Waals surface area contributed by atoms with Gasteiger partial charge in [-0.05, 0) is 29.4 Å². The summed E-state index contributed by atoms with van der Waals surface area (Å²) in [7, 11) is 0. The van der Waals surface area contributed by atoms with Crippen molar-refractivity contribution in [2.75, 3.05) is 18.8 Å². The molecule has 0 bridgehead atoms. The van der Waals surface area contributed by atoms with Crippen LogP contribution in [0.3, 0.4) is 0 Å².